The van der Waals surface area contributed by atoms with Gasteiger partial charge in [-0.15, -0.1) is 0 Å². The number of carbonyl (C=O) groups is 1. The van der Waals surface area contributed by atoms with E-state index in [-0.39, 0.29) is 33.9 Å². The second-order valence-corrected chi connectivity index (χ2v) is 7.77. The first-order chi connectivity index (χ1) is 8.48. The highest BCUT2D eigenvalue weighted by Gasteiger charge is 2.19. The summed E-state index contributed by atoms with van der Waals surface area (Å²) < 4.78 is 0. The molecule has 0 spiro atoms. The number of rotatable bonds is 3. The molecule has 2 nitrogen and oxygen atoms in total. The zero-order valence-electron chi connectivity index (χ0n) is 13.7. The topological polar surface area (TPSA) is 37.3 Å². The van der Waals surface area contributed by atoms with Crippen LogP contribution in [-0.2, 0) is 12.8 Å². The predicted molar refractivity (Wildman–Crippen MR) is 85.5 cm³/mol. The summed E-state index contributed by atoms with van der Waals surface area (Å²) in [5, 5.41) is 9.29. The minimum absolute atomic E-state index is 0. The summed E-state index contributed by atoms with van der Waals surface area (Å²) in [6.45, 7) is 13.0. The standard InChI is InChI=1S/C17H26O2.Mg/c1-16(2,3)10-12-7-8-14(15(18)19)13(9-12)11-17(4,5)6;/h7-9H,10-11H2,1-6H3,(H,18,19);. The normalized spacial score (nSPS) is 11.9. The van der Waals surface area contributed by atoms with Gasteiger partial charge in [-0.25, -0.2) is 4.79 Å². The zero-order valence-corrected chi connectivity index (χ0v) is 15.1. The fourth-order valence-electron chi connectivity index (χ4n) is 2.30. The molecule has 0 heterocycles. The van der Waals surface area contributed by atoms with Gasteiger partial charge in [0.25, 0.3) is 0 Å². The van der Waals surface area contributed by atoms with Gasteiger partial charge in [-0.3, -0.25) is 0 Å². The van der Waals surface area contributed by atoms with Crippen LogP contribution < -0.4 is 0 Å². The van der Waals surface area contributed by atoms with Gasteiger partial charge in [0.15, 0.2) is 0 Å². The maximum atomic E-state index is 11.3. The molecule has 0 aromatic heterocycles. The first-order valence-corrected chi connectivity index (χ1v) is 6.83. The van der Waals surface area contributed by atoms with Gasteiger partial charge in [0.1, 0.15) is 0 Å². The molecule has 0 saturated carbocycles. The smallest absolute Gasteiger partial charge is 0.335 e. The van der Waals surface area contributed by atoms with Gasteiger partial charge < -0.3 is 5.11 Å². The molecule has 0 fully saturated rings. The zero-order chi connectivity index (χ0) is 14.8. The van der Waals surface area contributed by atoms with Crippen LogP contribution in [0.3, 0.4) is 0 Å². The van der Waals surface area contributed by atoms with Crippen molar-refractivity contribution in [2.75, 3.05) is 0 Å². The lowest BCUT2D eigenvalue weighted by Gasteiger charge is -2.22. The van der Waals surface area contributed by atoms with E-state index in [0.29, 0.717) is 5.56 Å². The minimum Gasteiger partial charge on any atom is -0.478 e. The number of carboxylic acids is 1. The van der Waals surface area contributed by atoms with Crippen LogP contribution in [-0.4, -0.2) is 34.1 Å². The Bertz CT molecular complexity index is 465. The van der Waals surface area contributed by atoms with E-state index in [1.807, 2.05) is 6.07 Å². The second-order valence-electron chi connectivity index (χ2n) is 7.77. The Hall–Kier alpha value is -0.544. The summed E-state index contributed by atoms with van der Waals surface area (Å²) in [4.78, 5) is 11.3. The van der Waals surface area contributed by atoms with Crippen molar-refractivity contribution >= 4 is 29.0 Å². The Labute approximate surface area is 139 Å². The molecule has 0 amide bonds. The van der Waals surface area contributed by atoms with Gasteiger partial charge in [-0.2, -0.15) is 0 Å². The summed E-state index contributed by atoms with van der Waals surface area (Å²) in [7, 11) is 0. The van der Waals surface area contributed by atoms with Crippen LogP contribution >= 0.6 is 0 Å². The van der Waals surface area contributed by atoms with Crippen molar-refractivity contribution in [1.29, 1.82) is 0 Å². The van der Waals surface area contributed by atoms with Crippen LogP contribution in [0.4, 0.5) is 0 Å². The number of hydrogen-bond acceptors (Lipinski definition) is 1. The average Bonchev–Trinajstić information content (AvgIpc) is 2.11. The molecule has 0 atom stereocenters. The highest BCUT2D eigenvalue weighted by atomic mass is 24.3. The van der Waals surface area contributed by atoms with Crippen molar-refractivity contribution in [3.63, 3.8) is 0 Å². The number of benzene rings is 1. The fraction of sp³-hybridized carbons (Fsp3) is 0.588. The van der Waals surface area contributed by atoms with Gasteiger partial charge >= 0.3 is 5.97 Å². The third kappa shape index (κ3) is 6.75. The number of carboxylic acid groups (broad SMARTS) is 1. The molecule has 20 heavy (non-hydrogen) atoms. The van der Waals surface area contributed by atoms with Crippen molar-refractivity contribution in [3.8, 4) is 0 Å². The SMILES string of the molecule is CC(C)(C)Cc1ccc(C(=O)O)c(CC(C)(C)C)c1.[Mg]. The summed E-state index contributed by atoms with van der Waals surface area (Å²) in [5.74, 6) is -0.832. The van der Waals surface area contributed by atoms with E-state index in [1.54, 1.807) is 6.07 Å². The Morgan fingerprint density at radius 2 is 1.50 bits per heavy atom. The summed E-state index contributed by atoms with van der Waals surface area (Å²) in [5.41, 5.74) is 2.90. The molecule has 0 bridgehead atoms. The van der Waals surface area contributed by atoms with Crippen molar-refractivity contribution in [2.24, 2.45) is 10.8 Å². The summed E-state index contributed by atoms with van der Waals surface area (Å²) in [6, 6.07) is 5.77. The Morgan fingerprint density at radius 1 is 1.00 bits per heavy atom. The van der Waals surface area contributed by atoms with Crippen LogP contribution in [0.15, 0.2) is 18.2 Å². The van der Waals surface area contributed by atoms with E-state index >= 15 is 0 Å². The number of aromatic carboxylic acids is 1. The third-order valence-corrected chi connectivity index (χ3v) is 2.86. The molecular weight excluding hydrogens is 260 g/mol. The summed E-state index contributed by atoms with van der Waals surface area (Å²) >= 11 is 0. The molecule has 108 valence electrons. The summed E-state index contributed by atoms with van der Waals surface area (Å²) in [6.07, 6.45) is 1.75. The molecule has 0 aliphatic rings. The Kier molecular flexibility index (Phi) is 6.76. The quantitative estimate of drug-likeness (QED) is 0.846. The van der Waals surface area contributed by atoms with E-state index in [9.17, 15) is 9.90 Å². The lowest BCUT2D eigenvalue weighted by molar-refractivity contribution is 0.0695. The van der Waals surface area contributed by atoms with Crippen LogP contribution in [0.1, 0.15) is 63.0 Å². The lowest BCUT2D eigenvalue weighted by atomic mass is 9.83. The van der Waals surface area contributed by atoms with Gasteiger partial charge in [0.2, 0.25) is 0 Å². The lowest BCUT2D eigenvalue weighted by Crippen LogP contribution is -2.15. The fourth-order valence-corrected chi connectivity index (χ4v) is 2.30. The van der Waals surface area contributed by atoms with E-state index < -0.39 is 5.97 Å². The molecule has 0 aliphatic carbocycles. The first kappa shape index (κ1) is 19.5. The van der Waals surface area contributed by atoms with Gasteiger partial charge in [-0.1, -0.05) is 53.7 Å². The Balaban J connectivity index is 0.00000361. The van der Waals surface area contributed by atoms with E-state index in [2.05, 4.69) is 47.6 Å². The van der Waals surface area contributed by atoms with Gasteiger partial charge in [-0.05, 0) is 40.9 Å². The van der Waals surface area contributed by atoms with Crippen molar-refractivity contribution < 1.29 is 9.90 Å². The van der Waals surface area contributed by atoms with Gasteiger partial charge in [0, 0.05) is 23.1 Å². The predicted octanol–water partition coefficient (Wildman–Crippen LogP) is 4.18. The minimum atomic E-state index is -0.832. The molecule has 0 aliphatic heterocycles. The molecular formula is C17H26MgO2. The van der Waals surface area contributed by atoms with E-state index in [1.165, 1.54) is 5.56 Å². The maximum Gasteiger partial charge on any atom is 0.335 e. The monoisotopic (exact) mass is 286 g/mol. The molecule has 1 rings (SSSR count). The van der Waals surface area contributed by atoms with Crippen LogP contribution in [0.5, 0.6) is 0 Å². The molecule has 1 N–H and O–H groups in total. The average molecular weight is 287 g/mol. The van der Waals surface area contributed by atoms with Crippen molar-refractivity contribution in [1.82, 2.24) is 0 Å². The van der Waals surface area contributed by atoms with Crippen LogP contribution in [0.25, 0.3) is 0 Å². The largest absolute Gasteiger partial charge is 0.478 e. The van der Waals surface area contributed by atoms with Crippen LogP contribution in [0.2, 0.25) is 0 Å². The molecule has 1 aromatic rings. The third-order valence-electron chi connectivity index (χ3n) is 2.86. The van der Waals surface area contributed by atoms with Crippen molar-refractivity contribution in [2.45, 2.75) is 54.4 Å². The Morgan fingerprint density at radius 3 is 1.90 bits per heavy atom. The van der Waals surface area contributed by atoms with Crippen molar-refractivity contribution in [3.05, 3.63) is 34.9 Å². The van der Waals surface area contributed by atoms with E-state index in [4.69, 9.17) is 0 Å². The van der Waals surface area contributed by atoms with Crippen LogP contribution in [0, 0.1) is 10.8 Å². The molecule has 0 saturated heterocycles. The number of hydrogen-bond donors (Lipinski definition) is 1. The molecule has 3 heteroatoms. The highest BCUT2D eigenvalue weighted by molar-refractivity contribution is 5.89. The highest BCUT2D eigenvalue weighted by Crippen LogP contribution is 2.27. The maximum absolute atomic E-state index is 11.3. The van der Waals surface area contributed by atoms with Gasteiger partial charge in [0.05, 0.1) is 5.56 Å². The second kappa shape index (κ2) is 6.95. The first-order valence-electron chi connectivity index (χ1n) is 6.83. The molecule has 0 unspecified atom stereocenters. The van der Waals surface area contributed by atoms with E-state index in [0.717, 1.165) is 18.4 Å². The molecule has 2 radical (unpaired) electrons. The molecule has 1 aromatic carbocycles.